The van der Waals surface area contributed by atoms with E-state index < -0.39 is 40.8 Å². The van der Waals surface area contributed by atoms with Crippen molar-refractivity contribution in [2.75, 3.05) is 26.1 Å². The summed E-state index contributed by atoms with van der Waals surface area (Å²) in [6, 6.07) is 9.71. The highest BCUT2D eigenvalue weighted by Crippen LogP contribution is 2.40. The van der Waals surface area contributed by atoms with Gasteiger partial charge in [0.25, 0.3) is 20.2 Å². The summed E-state index contributed by atoms with van der Waals surface area (Å²) in [6.07, 6.45) is 11.7. The van der Waals surface area contributed by atoms with Crippen LogP contribution in [0.4, 0.5) is 0 Å². The molecule has 1 aromatic carbocycles. The second kappa shape index (κ2) is 28.1. The second-order valence-corrected chi connectivity index (χ2v) is 25.8. The minimum atomic E-state index is -3.77. The van der Waals surface area contributed by atoms with Gasteiger partial charge in [0.15, 0.2) is 8.32 Å². The van der Waals surface area contributed by atoms with Crippen molar-refractivity contribution < 1.29 is 68.1 Å². The number of rotatable bonds is 18. The molecular weight excluding hydrogens is 958 g/mol. The van der Waals surface area contributed by atoms with Crippen molar-refractivity contribution in [2.24, 2.45) is 0 Å². The molecule has 0 amide bonds. The molecule has 5 atom stereocenters. The van der Waals surface area contributed by atoms with Crippen LogP contribution in [0.15, 0.2) is 41.6 Å². The van der Waals surface area contributed by atoms with Gasteiger partial charge in [-0.25, -0.2) is 0 Å². The van der Waals surface area contributed by atoms with Crippen LogP contribution in [0.1, 0.15) is 130 Å². The summed E-state index contributed by atoms with van der Waals surface area (Å²) < 4.78 is 81.2. The molecule has 21 heteroatoms. The SMILES string of the molecule is C.CC[Si](CC)(CC)OC(CCC[C@H]1CCC(C)(C)O1)c1c(Cl)cncc1Cl.CS(=O)(=O)OC[C@H]1CCC(=O)O1.Cc1ccc(S(=O)(=O)OC[C@@H]2CCC(=O)O2)cc1.O=C1CC[C@H](CO)O1. The Labute approximate surface area is 403 Å². The van der Waals surface area contributed by atoms with Crippen molar-refractivity contribution in [1.29, 1.82) is 0 Å². The standard InChI is InChI=1S/C21H35Cl2NO2Si.C12H14O5S.C6H10O5S.C5H8O3.CH4/c1-6-27(7-2,8-3)26-19(20-17(22)14-24-15-18(20)23)11-9-10-16-12-13-21(4,5)25-16;1-9-2-5-11(6-3-9)18(14,15)16-8-10-4-7-12(13)17-10;1-12(8,9)10-4-5-2-3-6(7)11-5;6-3-4-1-2-5(7)8-4;/h14-16,19H,6-13H2,1-5H3;2-3,5-6,10H,4,7-8H2,1H3;5H,2-4H2,1H3;4,6H,1-3H2;1H4/t16-,19?;10-;5-;4-;/m0011./s1. The van der Waals surface area contributed by atoms with E-state index in [9.17, 15) is 31.2 Å². The van der Waals surface area contributed by atoms with Crippen molar-refractivity contribution in [3.63, 3.8) is 0 Å². The average Bonchev–Trinajstić information content (AvgIpc) is 4.07. The van der Waals surface area contributed by atoms with E-state index in [1.54, 1.807) is 24.5 Å². The summed E-state index contributed by atoms with van der Waals surface area (Å²) in [5, 5.41) is 9.62. The zero-order valence-corrected chi connectivity index (χ0v) is 42.7. The summed E-state index contributed by atoms with van der Waals surface area (Å²) in [5.74, 6) is -0.794. The van der Waals surface area contributed by atoms with Gasteiger partial charge in [0.1, 0.15) is 31.5 Å². The van der Waals surface area contributed by atoms with Gasteiger partial charge in [0.2, 0.25) is 0 Å². The van der Waals surface area contributed by atoms with E-state index in [0.717, 1.165) is 67.6 Å². The molecule has 66 heavy (non-hydrogen) atoms. The van der Waals surface area contributed by atoms with Gasteiger partial charge < -0.3 is 28.5 Å². The molecule has 376 valence electrons. The number of hydrogen-bond acceptors (Lipinski definition) is 16. The average molecular weight is 1030 g/mol. The van der Waals surface area contributed by atoms with Gasteiger partial charge in [-0.2, -0.15) is 16.8 Å². The number of carbonyl (C=O) groups excluding carboxylic acids is 3. The first-order valence-electron chi connectivity index (χ1n) is 22.2. The van der Waals surface area contributed by atoms with Crippen LogP contribution in [-0.2, 0) is 66.4 Å². The third-order valence-corrected chi connectivity index (χ3v) is 18.5. The molecule has 2 aromatic rings. The van der Waals surface area contributed by atoms with Crippen LogP contribution in [0.25, 0.3) is 0 Å². The molecule has 4 fully saturated rings. The molecule has 1 N–H and O–H groups in total. The molecule has 0 spiro atoms. The molecule has 16 nitrogen and oxygen atoms in total. The molecule has 0 aliphatic carbocycles. The Bertz CT molecular complexity index is 2030. The smallest absolute Gasteiger partial charge is 0.306 e. The third kappa shape index (κ3) is 20.9. The highest BCUT2D eigenvalue weighted by Gasteiger charge is 2.35. The molecule has 5 heterocycles. The van der Waals surface area contributed by atoms with Crippen LogP contribution in [0.2, 0.25) is 28.2 Å². The fraction of sp³-hybridized carbons (Fsp3) is 0.689. The highest BCUT2D eigenvalue weighted by molar-refractivity contribution is 7.86. The zero-order valence-electron chi connectivity index (χ0n) is 38.6. The normalized spacial score (nSPS) is 21.7. The molecule has 1 aromatic heterocycles. The zero-order chi connectivity index (χ0) is 48.4. The van der Waals surface area contributed by atoms with E-state index in [0.29, 0.717) is 54.7 Å². The Hall–Kier alpha value is -2.72. The summed E-state index contributed by atoms with van der Waals surface area (Å²) in [5.41, 5.74) is 1.90. The fourth-order valence-electron chi connectivity index (χ4n) is 7.35. The van der Waals surface area contributed by atoms with Gasteiger partial charge in [-0.05, 0) is 102 Å². The number of cyclic esters (lactones) is 3. The number of aromatic nitrogens is 1. The number of aliphatic hydroxyl groups excluding tert-OH is 1. The molecule has 0 radical (unpaired) electrons. The summed E-state index contributed by atoms with van der Waals surface area (Å²) >= 11 is 13.0. The first kappa shape index (κ1) is 59.4. The van der Waals surface area contributed by atoms with Gasteiger partial charge in [-0.1, -0.05) is 69.1 Å². The summed E-state index contributed by atoms with van der Waals surface area (Å²) in [6.45, 7) is 12.8. The number of hydrogen-bond donors (Lipinski definition) is 1. The van der Waals surface area contributed by atoms with Crippen LogP contribution in [0.3, 0.4) is 0 Å². The maximum Gasteiger partial charge on any atom is 0.306 e. The number of aliphatic hydroxyl groups is 1. The first-order chi connectivity index (χ1) is 30.5. The van der Waals surface area contributed by atoms with Crippen molar-refractivity contribution in [1.82, 2.24) is 4.98 Å². The molecule has 4 aliphatic heterocycles. The number of benzene rings is 1. The van der Waals surface area contributed by atoms with Crippen LogP contribution in [0, 0.1) is 6.92 Å². The van der Waals surface area contributed by atoms with Crippen molar-refractivity contribution >= 4 is 69.7 Å². The molecular formula is C45H71Cl2NO15S2Si. The lowest BCUT2D eigenvalue weighted by Gasteiger charge is -2.34. The summed E-state index contributed by atoms with van der Waals surface area (Å²) in [4.78, 5) is 35.9. The Morgan fingerprint density at radius 2 is 1.27 bits per heavy atom. The number of esters is 3. The van der Waals surface area contributed by atoms with Gasteiger partial charge in [-0.3, -0.25) is 27.7 Å². The monoisotopic (exact) mass is 1030 g/mol. The number of halogens is 2. The van der Waals surface area contributed by atoms with Gasteiger partial charge in [0.05, 0.1) is 45.6 Å². The number of pyridine rings is 1. The van der Waals surface area contributed by atoms with Gasteiger partial charge in [-0.15, -0.1) is 0 Å². The minimum absolute atomic E-state index is 0. The van der Waals surface area contributed by atoms with Crippen LogP contribution >= 0.6 is 23.2 Å². The Morgan fingerprint density at radius 1 is 0.788 bits per heavy atom. The van der Waals surface area contributed by atoms with Crippen LogP contribution in [0.5, 0.6) is 0 Å². The molecule has 4 saturated heterocycles. The lowest BCUT2D eigenvalue weighted by atomic mass is 10.0. The van der Waals surface area contributed by atoms with E-state index in [2.05, 4.69) is 48.5 Å². The molecule has 6 rings (SSSR count). The fourth-order valence-corrected chi connectivity index (χ4v) is 12.1. The largest absolute Gasteiger partial charge is 0.460 e. The predicted octanol–water partition coefficient (Wildman–Crippen LogP) is 8.97. The second-order valence-electron chi connectivity index (χ2n) is 17.0. The van der Waals surface area contributed by atoms with Gasteiger partial charge in [0, 0.05) is 37.2 Å². The van der Waals surface area contributed by atoms with E-state index in [4.69, 9.17) is 51.1 Å². The lowest BCUT2D eigenvalue weighted by molar-refractivity contribution is -0.143. The van der Waals surface area contributed by atoms with Crippen LogP contribution in [-0.4, -0.2) is 109 Å². The molecule has 4 aliphatic rings. The molecule has 0 bridgehead atoms. The quantitative estimate of drug-likeness (QED) is 0.0638. The van der Waals surface area contributed by atoms with Crippen LogP contribution < -0.4 is 0 Å². The van der Waals surface area contributed by atoms with Crippen molar-refractivity contribution in [3.8, 4) is 0 Å². The number of aryl methyl sites for hydroxylation is 1. The van der Waals surface area contributed by atoms with E-state index in [1.807, 2.05) is 6.92 Å². The van der Waals surface area contributed by atoms with E-state index >= 15 is 0 Å². The van der Waals surface area contributed by atoms with Gasteiger partial charge >= 0.3 is 17.9 Å². The summed E-state index contributed by atoms with van der Waals surface area (Å²) in [7, 11) is -8.98. The number of nitrogens with zero attached hydrogens (tertiary/aromatic N) is 1. The van der Waals surface area contributed by atoms with Crippen molar-refractivity contribution in [2.45, 2.75) is 179 Å². The molecule has 1 unspecified atom stereocenters. The Kier molecular flexibility index (Phi) is 25.3. The molecule has 0 saturated carbocycles. The minimum Gasteiger partial charge on any atom is -0.460 e. The number of carbonyl (C=O) groups is 3. The lowest BCUT2D eigenvalue weighted by Crippen LogP contribution is -2.37. The highest BCUT2D eigenvalue weighted by atomic mass is 35.5. The topological polar surface area (TPSA) is 217 Å². The first-order valence-corrected chi connectivity index (χ1v) is 28.7. The third-order valence-electron chi connectivity index (χ3n) is 11.4. The van der Waals surface area contributed by atoms with E-state index in [-0.39, 0.29) is 67.9 Å². The number of ether oxygens (including phenoxy) is 4. The maximum atomic E-state index is 11.8. The maximum absolute atomic E-state index is 11.8. The Morgan fingerprint density at radius 3 is 1.67 bits per heavy atom. The predicted molar refractivity (Wildman–Crippen MR) is 254 cm³/mol. The Balaban J connectivity index is 0.000000329. The van der Waals surface area contributed by atoms with Crippen molar-refractivity contribution in [3.05, 3.63) is 57.8 Å². The van der Waals surface area contributed by atoms with E-state index in [1.165, 1.54) is 12.1 Å².